The van der Waals surface area contributed by atoms with Crippen LogP contribution in [0.3, 0.4) is 0 Å². The molecule has 1 aromatic carbocycles. The number of hydrogen-bond donors (Lipinski definition) is 2. The first-order valence-corrected chi connectivity index (χ1v) is 7.34. The van der Waals surface area contributed by atoms with Crippen molar-refractivity contribution in [2.75, 3.05) is 26.2 Å². The zero-order valence-corrected chi connectivity index (χ0v) is 11.9. The zero-order valence-electron chi connectivity index (χ0n) is 11.1. The number of aliphatic hydroxyl groups is 2. The van der Waals surface area contributed by atoms with Gasteiger partial charge in [0.15, 0.2) is 0 Å². The molecule has 0 aromatic heterocycles. The summed E-state index contributed by atoms with van der Waals surface area (Å²) in [5, 5.41) is 19.9. The maximum atomic E-state index is 10.2. The van der Waals surface area contributed by atoms with Gasteiger partial charge >= 0.3 is 0 Å². The van der Waals surface area contributed by atoms with Crippen molar-refractivity contribution in [1.82, 2.24) is 4.90 Å². The monoisotopic (exact) mass is 283 g/mol. The Morgan fingerprint density at radius 3 is 2.58 bits per heavy atom. The van der Waals surface area contributed by atoms with Crippen LogP contribution in [-0.2, 0) is 0 Å². The van der Waals surface area contributed by atoms with Gasteiger partial charge in [-0.3, -0.25) is 0 Å². The SMILES string of the molecule is OCC1CCN(CCC(O)c2ccccc2Cl)CC1. The second-order valence-electron chi connectivity index (χ2n) is 5.29. The van der Waals surface area contributed by atoms with E-state index in [9.17, 15) is 5.11 Å². The van der Waals surface area contributed by atoms with Gasteiger partial charge in [-0.25, -0.2) is 0 Å². The van der Waals surface area contributed by atoms with Gasteiger partial charge in [-0.15, -0.1) is 0 Å². The summed E-state index contributed by atoms with van der Waals surface area (Å²) in [6, 6.07) is 7.47. The van der Waals surface area contributed by atoms with Crippen molar-refractivity contribution in [3.63, 3.8) is 0 Å². The van der Waals surface area contributed by atoms with Gasteiger partial charge < -0.3 is 15.1 Å². The van der Waals surface area contributed by atoms with Crippen molar-refractivity contribution in [3.05, 3.63) is 34.9 Å². The fourth-order valence-electron chi connectivity index (χ4n) is 2.60. The number of halogens is 1. The summed E-state index contributed by atoms with van der Waals surface area (Å²) in [6.07, 6.45) is 2.31. The minimum atomic E-state index is -0.496. The normalized spacial score (nSPS) is 19.5. The molecule has 106 valence electrons. The molecular formula is C15H22ClNO2. The quantitative estimate of drug-likeness (QED) is 0.872. The molecule has 1 unspecified atom stereocenters. The zero-order chi connectivity index (χ0) is 13.7. The largest absolute Gasteiger partial charge is 0.396 e. The van der Waals surface area contributed by atoms with Crippen LogP contribution in [0, 0.1) is 5.92 Å². The van der Waals surface area contributed by atoms with E-state index in [-0.39, 0.29) is 0 Å². The van der Waals surface area contributed by atoms with Crippen LogP contribution in [0.5, 0.6) is 0 Å². The van der Waals surface area contributed by atoms with Gasteiger partial charge in [0, 0.05) is 18.2 Å². The lowest BCUT2D eigenvalue weighted by molar-refractivity contribution is 0.105. The highest BCUT2D eigenvalue weighted by Gasteiger charge is 2.19. The second kappa shape index (κ2) is 7.25. The average Bonchev–Trinajstić information content (AvgIpc) is 2.46. The number of benzene rings is 1. The van der Waals surface area contributed by atoms with Gasteiger partial charge in [-0.05, 0) is 49.9 Å². The summed E-state index contributed by atoms with van der Waals surface area (Å²) in [7, 11) is 0. The van der Waals surface area contributed by atoms with Crippen molar-refractivity contribution in [3.8, 4) is 0 Å². The number of rotatable bonds is 5. The lowest BCUT2D eigenvalue weighted by Crippen LogP contribution is -2.35. The van der Waals surface area contributed by atoms with Crippen LogP contribution in [0.4, 0.5) is 0 Å². The smallest absolute Gasteiger partial charge is 0.0816 e. The van der Waals surface area contributed by atoms with E-state index < -0.39 is 6.10 Å². The molecule has 1 fully saturated rings. The Morgan fingerprint density at radius 1 is 1.26 bits per heavy atom. The number of piperidine rings is 1. The highest BCUT2D eigenvalue weighted by molar-refractivity contribution is 6.31. The van der Waals surface area contributed by atoms with E-state index in [1.165, 1.54) is 0 Å². The van der Waals surface area contributed by atoms with Crippen molar-refractivity contribution in [1.29, 1.82) is 0 Å². The summed E-state index contributed by atoms with van der Waals surface area (Å²) in [5.74, 6) is 0.463. The van der Waals surface area contributed by atoms with E-state index in [4.69, 9.17) is 16.7 Å². The molecular weight excluding hydrogens is 262 g/mol. The van der Waals surface area contributed by atoms with E-state index >= 15 is 0 Å². The van der Waals surface area contributed by atoms with Crippen LogP contribution in [-0.4, -0.2) is 41.4 Å². The molecule has 0 saturated carbocycles. The van der Waals surface area contributed by atoms with E-state index in [1.54, 1.807) is 0 Å². The van der Waals surface area contributed by atoms with Crippen LogP contribution >= 0.6 is 11.6 Å². The number of aliphatic hydroxyl groups excluding tert-OH is 2. The topological polar surface area (TPSA) is 43.7 Å². The highest BCUT2D eigenvalue weighted by Crippen LogP contribution is 2.25. The van der Waals surface area contributed by atoms with Crippen LogP contribution in [0.2, 0.25) is 5.02 Å². The lowest BCUT2D eigenvalue weighted by atomic mass is 9.97. The standard InChI is InChI=1S/C15H22ClNO2/c16-14-4-2-1-3-13(14)15(19)7-10-17-8-5-12(11-18)6-9-17/h1-4,12,15,18-19H,5-11H2. The number of likely N-dealkylation sites (tertiary alicyclic amines) is 1. The fraction of sp³-hybridized carbons (Fsp3) is 0.600. The predicted molar refractivity (Wildman–Crippen MR) is 77.3 cm³/mol. The van der Waals surface area contributed by atoms with Gasteiger partial charge in [0.2, 0.25) is 0 Å². The lowest BCUT2D eigenvalue weighted by Gasteiger charge is -2.31. The number of hydrogen-bond acceptors (Lipinski definition) is 3. The Kier molecular flexibility index (Phi) is 5.64. The molecule has 0 amide bonds. The molecule has 1 aromatic rings. The minimum absolute atomic E-state index is 0.302. The van der Waals surface area contributed by atoms with Gasteiger partial charge in [0.1, 0.15) is 0 Å². The Labute approximate surface area is 119 Å². The minimum Gasteiger partial charge on any atom is -0.396 e. The summed E-state index contributed by atoms with van der Waals surface area (Å²) in [6.45, 7) is 3.21. The predicted octanol–water partition coefficient (Wildman–Crippen LogP) is 2.47. The third-order valence-electron chi connectivity index (χ3n) is 3.95. The maximum Gasteiger partial charge on any atom is 0.0816 e. The highest BCUT2D eigenvalue weighted by atomic mass is 35.5. The van der Waals surface area contributed by atoms with Crippen LogP contribution in [0.1, 0.15) is 30.9 Å². The molecule has 3 nitrogen and oxygen atoms in total. The first-order chi connectivity index (χ1) is 9.20. The molecule has 0 aliphatic carbocycles. The second-order valence-corrected chi connectivity index (χ2v) is 5.70. The molecule has 0 radical (unpaired) electrons. The third kappa shape index (κ3) is 4.18. The van der Waals surface area contributed by atoms with E-state index in [0.717, 1.165) is 38.0 Å². The maximum absolute atomic E-state index is 10.2. The molecule has 0 spiro atoms. The summed E-state index contributed by atoms with van der Waals surface area (Å²) >= 11 is 6.08. The molecule has 2 N–H and O–H groups in total. The molecule has 0 bridgehead atoms. The van der Waals surface area contributed by atoms with E-state index in [1.807, 2.05) is 24.3 Å². The Balaban J connectivity index is 1.78. The van der Waals surface area contributed by atoms with Gasteiger partial charge in [0.05, 0.1) is 6.10 Å². The van der Waals surface area contributed by atoms with Crippen LogP contribution in [0.25, 0.3) is 0 Å². The van der Waals surface area contributed by atoms with Crippen LogP contribution in [0.15, 0.2) is 24.3 Å². The third-order valence-corrected chi connectivity index (χ3v) is 4.29. The van der Waals surface area contributed by atoms with Gasteiger partial charge in [-0.1, -0.05) is 29.8 Å². The van der Waals surface area contributed by atoms with Crippen LogP contribution < -0.4 is 0 Å². The molecule has 1 atom stereocenters. The molecule has 2 rings (SSSR count). The molecule has 1 saturated heterocycles. The van der Waals surface area contributed by atoms with Gasteiger partial charge in [-0.2, -0.15) is 0 Å². The molecule has 19 heavy (non-hydrogen) atoms. The number of nitrogens with zero attached hydrogens (tertiary/aromatic N) is 1. The first kappa shape index (κ1) is 14.8. The average molecular weight is 284 g/mol. The Bertz CT molecular complexity index is 391. The molecule has 1 aliphatic heterocycles. The Morgan fingerprint density at radius 2 is 1.95 bits per heavy atom. The molecule has 1 aliphatic rings. The van der Waals surface area contributed by atoms with E-state index in [2.05, 4.69) is 4.90 Å². The van der Waals surface area contributed by atoms with Crippen molar-refractivity contribution >= 4 is 11.6 Å². The summed E-state index contributed by atoms with van der Waals surface area (Å²) in [5.41, 5.74) is 0.814. The molecule has 4 heteroatoms. The Hall–Kier alpha value is -0.610. The summed E-state index contributed by atoms with van der Waals surface area (Å²) < 4.78 is 0. The van der Waals surface area contributed by atoms with Crippen molar-refractivity contribution in [2.24, 2.45) is 5.92 Å². The fourth-order valence-corrected chi connectivity index (χ4v) is 2.86. The first-order valence-electron chi connectivity index (χ1n) is 6.96. The molecule has 1 heterocycles. The summed E-state index contributed by atoms with van der Waals surface area (Å²) in [4.78, 5) is 2.35. The van der Waals surface area contributed by atoms with Gasteiger partial charge in [0.25, 0.3) is 0 Å². The van der Waals surface area contributed by atoms with Crippen molar-refractivity contribution < 1.29 is 10.2 Å². The van der Waals surface area contributed by atoms with Crippen molar-refractivity contribution in [2.45, 2.75) is 25.4 Å². The van der Waals surface area contributed by atoms with E-state index in [0.29, 0.717) is 24.0 Å².